The fourth-order valence-electron chi connectivity index (χ4n) is 5.75. The molecule has 1 heterocycles. The summed E-state index contributed by atoms with van der Waals surface area (Å²) in [6, 6.07) is 24.1. The monoisotopic (exact) mass is 844 g/mol. The Morgan fingerprint density at radius 2 is 1.43 bits per heavy atom. The first-order valence-corrected chi connectivity index (χ1v) is 19.1. The summed E-state index contributed by atoms with van der Waals surface area (Å²) in [5.41, 5.74) is 7.95. The quantitative estimate of drug-likeness (QED) is 0.108. The van der Waals surface area contributed by atoms with Crippen molar-refractivity contribution in [1.82, 2.24) is 10.3 Å². The smallest absolute Gasteiger partial charge is 0.412 e. The Bertz CT molecular complexity index is 1810. The van der Waals surface area contributed by atoms with Gasteiger partial charge < -0.3 is 30.0 Å². The number of benzene rings is 3. The molecule has 13 heteroatoms. The highest BCUT2D eigenvalue weighted by atomic mass is 79.9. The third kappa shape index (κ3) is 15.8. The van der Waals surface area contributed by atoms with E-state index in [1.807, 2.05) is 74.5 Å². The van der Waals surface area contributed by atoms with E-state index < -0.39 is 23.3 Å². The van der Waals surface area contributed by atoms with E-state index in [2.05, 4.69) is 64.0 Å². The minimum Gasteiger partial charge on any atom is -0.490 e. The lowest BCUT2D eigenvalue weighted by Gasteiger charge is -2.32. The lowest BCUT2D eigenvalue weighted by Crippen LogP contribution is -2.51. The maximum atomic E-state index is 12.3. The van der Waals surface area contributed by atoms with Crippen LogP contribution >= 0.6 is 39.1 Å². The maximum Gasteiger partial charge on any atom is 0.412 e. The number of nitrogens with zero attached hydrogens (tertiary/aromatic N) is 1. The second-order valence-electron chi connectivity index (χ2n) is 14.4. The Labute approximate surface area is 337 Å². The van der Waals surface area contributed by atoms with Crippen LogP contribution in [-0.2, 0) is 16.1 Å². The summed E-state index contributed by atoms with van der Waals surface area (Å²) in [5, 5.41) is 6.50. The molecule has 0 aliphatic heterocycles. The van der Waals surface area contributed by atoms with E-state index in [0.29, 0.717) is 45.8 Å². The lowest BCUT2D eigenvalue weighted by molar-refractivity contribution is 0.109. The number of methoxy groups -OCH3 is 1. The zero-order valence-corrected chi connectivity index (χ0v) is 35.0. The van der Waals surface area contributed by atoms with Crippen LogP contribution in [0.5, 0.6) is 11.5 Å². The number of amides is 2. The van der Waals surface area contributed by atoms with Crippen molar-refractivity contribution in [3.63, 3.8) is 0 Å². The Balaban J connectivity index is 0.000000290. The SMILES string of the molecule is CC(C)CC(C)(COc1ccc(Br)cc1Cl)NC(=O)OCc1ccccc1.COC(=O)Nc1cc(-c2ccc(OCC(C)(N)CC(C)C)c(Cl)c2)ccn1. The molecule has 0 saturated heterocycles. The number of pyridine rings is 1. The number of rotatable bonds is 15. The van der Waals surface area contributed by atoms with Crippen molar-refractivity contribution in [2.24, 2.45) is 17.6 Å². The second kappa shape index (κ2) is 21.2. The van der Waals surface area contributed by atoms with E-state index in [1.54, 1.807) is 24.4 Å². The summed E-state index contributed by atoms with van der Waals surface area (Å²) in [7, 11) is 1.30. The molecule has 1 aromatic heterocycles. The summed E-state index contributed by atoms with van der Waals surface area (Å²) >= 11 is 16.0. The van der Waals surface area contributed by atoms with Crippen molar-refractivity contribution in [1.29, 1.82) is 0 Å². The highest BCUT2D eigenvalue weighted by Gasteiger charge is 2.30. The van der Waals surface area contributed by atoms with E-state index in [1.165, 1.54) is 7.11 Å². The van der Waals surface area contributed by atoms with Crippen LogP contribution in [0.3, 0.4) is 0 Å². The molecular weight excluding hydrogens is 795 g/mol. The standard InChI is InChI=1S/C21H25BrClNO3.C20H26ClN3O3/c1-15(2)12-21(3,14-27-19-10-9-17(22)11-18(19)23)24-20(25)26-13-16-7-5-4-6-8-16;1-13(2)11-20(3,22)12-27-17-6-5-14(9-16(17)21)15-7-8-23-18(10-15)24-19(25)26-4/h4-11,15H,12-14H2,1-3H3,(H,24,25);5-10,13H,11-12,22H2,1-4H3,(H,23,24,25). The highest BCUT2D eigenvalue weighted by molar-refractivity contribution is 9.10. The van der Waals surface area contributed by atoms with Crippen molar-refractivity contribution in [2.45, 2.75) is 72.1 Å². The molecule has 4 N–H and O–H groups in total. The van der Waals surface area contributed by atoms with Crippen LogP contribution in [-0.4, -0.2) is 48.6 Å². The summed E-state index contributed by atoms with van der Waals surface area (Å²) < 4.78 is 22.6. The Hall–Kier alpha value is -4.03. The Morgan fingerprint density at radius 3 is 2.04 bits per heavy atom. The predicted octanol–water partition coefficient (Wildman–Crippen LogP) is 10.9. The minimum absolute atomic E-state index is 0.226. The van der Waals surface area contributed by atoms with Gasteiger partial charge in [-0.25, -0.2) is 14.6 Å². The Kier molecular flexibility index (Phi) is 17.4. The van der Waals surface area contributed by atoms with E-state index >= 15 is 0 Å². The van der Waals surface area contributed by atoms with Gasteiger partial charge in [0.25, 0.3) is 0 Å². The van der Waals surface area contributed by atoms with Crippen molar-refractivity contribution in [2.75, 3.05) is 25.6 Å². The number of carbonyl (C=O) groups excluding carboxylic acids is 2. The number of nitrogens with two attached hydrogens (primary N) is 1. The molecule has 54 heavy (non-hydrogen) atoms. The number of halogens is 3. The molecule has 0 bridgehead atoms. The number of aromatic nitrogens is 1. The first-order valence-electron chi connectivity index (χ1n) is 17.6. The van der Waals surface area contributed by atoms with Crippen molar-refractivity contribution < 1.29 is 28.5 Å². The van der Waals surface area contributed by atoms with Gasteiger partial charge in [0.15, 0.2) is 0 Å². The normalized spacial score (nSPS) is 13.1. The molecule has 0 aliphatic rings. The van der Waals surface area contributed by atoms with Gasteiger partial charge in [0, 0.05) is 16.2 Å². The molecule has 10 nitrogen and oxygen atoms in total. The first-order chi connectivity index (χ1) is 25.5. The van der Waals surface area contributed by atoms with Crippen LogP contribution in [0.15, 0.2) is 89.5 Å². The molecule has 292 valence electrons. The molecule has 0 radical (unpaired) electrons. The molecule has 0 aliphatic carbocycles. The average molecular weight is 847 g/mol. The molecule has 3 aromatic carbocycles. The first kappa shape index (κ1) is 44.4. The molecule has 4 aromatic rings. The number of carbonyl (C=O) groups is 2. The number of hydrogen-bond donors (Lipinski definition) is 3. The van der Waals surface area contributed by atoms with Gasteiger partial charge >= 0.3 is 12.2 Å². The van der Waals surface area contributed by atoms with Crippen molar-refractivity contribution >= 4 is 57.1 Å². The summed E-state index contributed by atoms with van der Waals surface area (Å²) in [6.07, 6.45) is 2.15. The molecule has 2 atom stereocenters. The van der Waals surface area contributed by atoms with E-state index in [-0.39, 0.29) is 13.2 Å². The second-order valence-corrected chi connectivity index (χ2v) is 16.2. The fraction of sp³-hybridized carbons (Fsp3) is 0.390. The number of nitrogens with one attached hydrogen (secondary N) is 2. The molecule has 0 fully saturated rings. The van der Waals surface area contributed by atoms with Gasteiger partial charge in [-0.3, -0.25) is 5.32 Å². The van der Waals surface area contributed by atoms with Gasteiger partial charge in [-0.1, -0.05) is 103 Å². The van der Waals surface area contributed by atoms with Crippen LogP contribution < -0.4 is 25.8 Å². The Morgan fingerprint density at radius 1 is 0.815 bits per heavy atom. The maximum absolute atomic E-state index is 12.3. The van der Waals surface area contributed by atoms with E-state index in [4.69, 9.17) is 43.1 Å². The molecular formula is C41H51BrCl2N4O6. The number of ether oxygens (including phenoxy) is 4. The zero-order chi connectivity index (χ0) is 39.9. The largest absolute Gasteiger partial charge is 0.490 e. The average Bonchev–Trinajstić information content (AvgIpc) is 3.09. The lowest BCUT2D eigenvalue weighted by atomic mass is 9.91. The molecule has 4 rings (SSSR count). The van der Waals surface area contributed by atoms with Gasteiger partial charge in [0.05, 0.1) is 22.7 Å². The number of anilines is 1. The highest BCUT2D eigenvalue weighted by Crippen LogP contribution is 2.32. The van der Waals surface area contributed by atoms with Crippen LogP contribution in [0, 0.1) is 11.8 Å². The van der Waals surface area contributed by atoms with Gasteiger partial charge in [-0.2, -0.15) is 0 Å². The van der Waals surface area contributed by atoms with Gasteiger partial charge in [-0.15, -0.1) is 0 Å². The van der Waals surface area contributed by atoms with E-state index in [0.717, 1.165) is 34.0 Å². The summed E-state index contributed by atoms with van der Waals surface area (Å²) in [4.78, 5) is 27.7. The van der Waals surface area contributed by atoms with Crippen LogP contribution in [0.2, 0.25) is 10.0 Å². The summed E-state index contributed by atoms with van der Waals surface area (Å²) in [5.74, 6) is 2.41. The fourth-order valence-corrected chi connectivity index (χ4v) is 6.71. The van der Waals surface area contributed by atoms with Gasteiger partial charge in [0.2, 0.25) is 0 Å². The van der Waals surface area contributed by atoms with E-state index in [9.17, 15) is 9.59 Å². The third-order valence-electron chi connectivity index (χ3n) is 7.79. The topological polar surface area (TPSA) is 134 Å². The molecule has 2 amide bonds. The molecule has 0 saturated carbocycles. The third-order valence-corrected chi connectivity index (χ3v) is 8.87. The van der Waals surface area contributed by atoms with Crippen LogP contribution in [0.1, 0.15) is 59.9 Å². The molecule has 0 spiro atoms. The van der Waals surface area contributed by atoms with Gasteiger partial charge in [-0.05, 0) is 97.7 Å². The van der Waals surface area contributed by atoms with Crippen molar-refractivity contribution in [3.05, 3.63) is 105 Å². The van der Waals surface area contributed by atoms with Crippen molar-refractivity contribution in [3.8, 4) is 22.6 Å². The summed E-state index contributed by atoms with van der Waals surface area (Å²) in [6.45, 7) is 13.3. The van der Waals surface area contributed by atoms with Gasteiger partial charge in [0.1, 0.15) is 37.1 Å². The zero-order valence-electron chi connectivity index (χ0n) is 31.9. The molecule has 2 unspecified atom stereocenters. The number of alkyl carbamates (subject to hydrolysis) is 1. The van der Waals surface area contributed by atoms with Crippen LogP contribution in [0.25, 0.3) is 11.1 Å². The van der Waals surface area contributed by atoms with Crippen LogP contribution in [0.4, 0.5) is 15.4 Å². The predicted molar refractivity (Wildman–Crippen MR) is 221 cm³/mol. The minimum atomic E-state index is -0.585. The number of hydrogen-bond acceptors (Lipinski definition) is 8.